The predicted molar refractivity (Wildman–Crippen MR) is 116 cm³/mol. The summed E-state index contributed by atoms with van der Waals surface area (Å²) < 4.78 is 13.0. The highest BCUT2D eigenvalue weighted by molar-refractivity contribution is 5.92. The van der Waals surface area contributed by atoms with E-state index in [9.17, 15) is 14.0 Å². The molecule has 0 radical (unpaired) electrons. The molecular formula is C23H29FN4O2. The van der Waals surface area contributed by atoms with Crippen molar-refractivity contribution in [2.75, 3.05) is 38.0 Å². The number of benzene rings is 2. The number of hydrogen-bond donors (Lipinski definition) is 2. The van der Waals surface area contributed by atoms with Crippen molar-refractivity contribution in [1.82, 2.24) is 15.1 Å². The molecule has 0 aromatic heterocycles. The highest BCUT2D eigenvalue weighted by atomic mass is 19.1. The van der Waals surface area contributed by atoms with Gasteiger partial charge in [0, 0.05) is 31.9 Å². The quantitative estimate of drug-likeness (QED) is 0.734. The normalized spacial score (nSPS) is 17.2. The van der Waals surface area contributed by atoms with Crippen LogP contribution in [0.1, 0.15) is 25.5 Å². The molecule has 0 aliphatic carbocycles. The number of anilines is 1. The van der Waals surface area contributed by atoms with Crippen LogP contribution in [-0.2, 0) is 9.59 Å². The molecule has 3 rings (SSSR count). The van der Waals surface area contributed by atoms with Gasteiger partial charge < -0.3 is 10.6 Å². The first-order valence-corrected chi connectivity index (χ1v) is 10.3. The SMILES string of the molecule is C[C@H](NC(=O)[C@@H](C)N1CCN(CC(=O)Nc2ccc(F)cc2)CC1)c1ccccc1. The number of carbonyl (C=O) groups excluding carboxylic acids is 2. The molecule has 0 saturated carbocycles. The Hall–Kier alpha value is -2.77. The van der Waals surface area contributed by atoms with Gasteiger partial charge in [0.2, 0.25) is 11.8 Å². The lowest BCUT2D eigenvalue weighted by Gasteiger charge is -2.37. The minimum atomic E-state index is -0.333. The summed E-state index contributed by atoms with van der Waals surface area (Å²) in [6.45, 7) is 7.04. The number of amides is 2. The third-order valence-electron chi connectivity index (χ3n) is 5.49. The van der Waals surface area contributed by atoms with Gasteiger partial charge in [-0.2, -0.15) is 0 Å². The molecule has 2 N–H and O–H groups in total. The van der Waals surface area contributed by atoms with Crippen LogP contribution in [0.4, 0.5) is 10.1 Å². The second-order valence-corrected chi connectivity index (χ2v) is 7.68. The Bertz CT molecular complexity index is 836. The highest BCUT2D eigenvalue weighted by Gasteiger charge is 2.27. The number of halogens is 1. The van der Waals surface area contributed by atoms with Crippen LogP contribution in [0, 0.1) is 5.82 Å². The minimum absolute atomic E-state index is 0.00820. The fourth-order valence-corrected chi connectivity index (χ4v) is 3.57. The van der Waals surface area contributed by atoms with E-state index in [1.165, 1.54) is 12.1 Å². The van der Waals surface area contributed by atoms with Crippen LogP contribution in [0.25, 0.3) is 0 Å². The first-order chi connectivity index (χ1) is 14.4. The molecule has 1 fully saturated rings. The van der Waals surface area contributed by atoms with Crippen LogP contribution in [-0.4, -0.2) is 60.4 Å². The fraction of sp³-hybridized carbons (Fsp3) is 0.391. The van der Waals surface area contributed by atoms with E-state index < -0.39 is 0 Å². The topological polar surface area (TPSA) is 64.7 Å². The molecule has 0 spiro atoms. The van der Waals surface area contributed by atoms with E-state index in [1.807, 2.05) is 44.2 Å². The molecule has 7 heteroatoms. The summed E-state index contributed by atoms with van der Waals surface area (Å²) in [5.74, 6) is -0.452. The summed E-state index contributed by atoms with van der Waals surface area (Å²) in [5, 5.41) is 5.86. The Balaban J connectivity index is 1.42. The molecule has 0 unspecified atom stereocenters. The van der Waals surface area contributed by atoms with E-state index in [0.29, 0.717) is 18.8 Å². The van der Waals surface area contributed by atoms with Crippen molar-refractivity contribution in [3.05, 3.63) is 66.0 Å². The van der Waals surface area contributed by atoms with E-state index in [4.69, 9.17) is 0 Å². The van der Waals surface area contributed by atoms with E-state index in [2.05, 4.69) is 20.4 Å². The third-order valence-corrected chi connectivity index (χ3v) is 5.49. The molecule has 2 aromatic carbocycles. The molecule has 2 atom stereocenters. The Morgan fingerprint density at radius 3 is 2.23 bits per heavy atom. The maximum absolute atomic E-state index is 13.0. The van der Waals surface area contributed by atoms with Crippen molar-refractivity contribution in [3.63, 3.8) is 0 Å². The molecule has 0 bridgehead atoms. The molecule has 1 saturated heterocycles. The van der Waals surface area contributed by atoms with Gasteiger partial charge in [0.25, 0.3) is 0 Å². The predicted octanol–water partition coefficient (Wildman–Crippen LogP) is 2.65. The van der Waals surface area contributed by atoms with Crippen LogP contribution < -0.4 is 10.6 Å². The fourth-order valence-electron chi connectivity index (χ4n) is 3.57. The molecule has 2 aromatic rings. The van der Waals surface area contributed by atoms with Gasteiger partial charge in [-0.1, -0.05) is 30.3 Å². The van der Waals surface area contributed by atoms with Crippen molar-refractivity contribution in [2.24, 2.45) is 0 Å². The molecular weight excluding hydrogens is 383 g/mol. The largest absolute Gasteiger partial charge is 0.348 e. The van der Waals surface area contributed by atoms with Crippen LogP contribution in [0.2, 0.25) is 0 Å². The van der Waals surface area contributed by atoms with Crippen LogP contribution >= 0.6 is 0 Å². The maximum atomic E-state index is 13.0. The molecule has 2 amide bonds. The molecule has 6 nitrogen and oxygen atoms in total. The number of hydrogen-bond acceptors (Lipinski definition) is 4. The van der Waals surface area contributed by atoms with Gasteiger partial charge in [0.1, 0.15) is 5.82 Å². The van der Waals surface area contributed by atoms with E-state index in [0.717, 1.165) is 18.7 Å². The van der Waals surface area contributed by atoms with Gasteiger partial charge in [-0.15, -0.1) is 0 Å². The zero-order chi connectivity index (χ0) is 21.5. The number of rotatable bonds is 7. The van der Waals surface area contributed by atoms with Crippen LogP contribution in [0.5, 0.6) is 0 Å². The van der Waals surface area contributed by atoms with Gasteiger partial charge in [0.15, 0.2) is 0 Å². The highest BCUT2D eigenvalue weighted by Crippen LogP contribution is 2.13. The van der Waals surface area contributed by atoms with Crippen molar-refractivity contribution in [2.45, 2.75) is 25.9 Å². The molecule has 1 aliphatic heterocycles. The molecule has 160 valence electrons. The van der Waals surface area contributed by atoms with Gasteiger partial charge in [-0.3, -0.25) is 19.4 Å². The summed E-state index contributed by atoms with van der Waals surface area (Å²) in [5.41, 5.74) is 1.66. The molecule has 1 aliphatic rings. The summed E-state index contributed by atoms with van der Waals surface area (Å²) in [6, 6.07) is 15.4. The van der Waals surface area contributed by atoms with Crippen molar-refractivity contribution in [3.8, 4) is 0 Å². The second-order valence-electron chi connectivity index (χ2n) is 7.68. The number of piperazine rings is 1. The van der Waals surface area contributed by atoms with Gasteiger partial charge in [-0.05, 0) is 43.7 Å². The Kier molecular flexibility index (Phi) is 7.54. The smallest absolute Gasteiger partial charge is 0.238 e. The summed E-state index contributed by atoms with van der Waals surface area (Å²) in [6.07, 6.45) is 0. The average molecular weight is 413 g/mol. The summed E-state index contributed by atoms with van der Waals surface area (Å²) >= 11 is 0. The minimum Gasteiger partial charge on any atom is -0.348 e. The lowest BCUT2D eigenvalue weighted by Crippen LogP contribution is -2.55. The summed E-state index contributed by atoms with van der Waals surface area (Å²) in [4.78, 5) is 29.1. The molecule has 30 heavy (non-hydrogen) atoms. The van der Waals surface area contributed by atoms with Gasteiger partial charge >= 0.3 is 0 Å². The van der Waals surface area contributed by atoms with Gasteiger partial charge in [0.05, 0.1) is 18.6 Å². The van der Waals surface area contributed by atoms with Gasteiger partial charge in [-0.25, -0.2) is 4.39 Å². The van der Waals surface area contributed by atoms with Crippen molar-refractivity contribution in [1.29, 1.82) is 0 Å². The van der Waals surface area contributed by atoms with Crippen molar-refractivity contribution < 1.29 is 14.0 Å². The number of nitrogens with zero attached hydrogens (tertiary/aromatic N) is 2. The standard InChI is InChI=1S/C23H29FN4O2/c1-17(19-6-4-3-5-7-19)25-23(30)18(2)28-14-12-27(13-15-28)16-22(29)26-21-10-8-20(24)9-11-21/h3-11,17-18H,12-16H2,1-2H3,(H,25,30)(H,26,29)/t17-,18+/m0/s1. The van der Waals surface area contributed by atoms with E-state index in [1.54, 1.807) is 12.1 Å². The van der Waals surface area contributed by atoms with Crippen molar-refractivity contribution >= 4 is 17.5 Å². The summed E-state index contributed by atoms with van der Waals surface area (Å²) in [7, 11) is 0. The zero-order valence-electron chi connectivity index (χ0n) is 17.5. The van der Waals surface area contributed by atoms with Crippen LogP contribution in [0.15, 0.2) is 54.6 Å². The Morgan fingerprint density at radius 1 is 0.967 bits per heavy atom. The lowest BCUT2D eigenvalue weighted by atomic mass is 10.1. The number of nitrogens with one attached hydrogen (secondary N) is 2. The maximum Gasteiger partial charge on any atom is 0.238 e. The van der Waals surface area contributed by atoms with Crippen LogP contribution in [0.3, 0.4) is 0 Å². The average Bonchev–Trinajstić information content (AvgIpc) is 2.76. The first-order valence-electron chi connectivity index (χ1n) is 10.3. The Labute approximate surface area is 177 Å². The first kappa shape index (κ1) is 21.9. The number of carbonyl (C=O) groups is 2. The third kappa shape index (κ3) is 6.11. The lowest BCUT2D eigenvalue weighted by molar-refractivity contribution is -0.127. The monoisotopic (exact) mass is 412 g/mol. The second kappa shape index (κ2) is 10.3. The van der Waals surface area contributed by atoms with E-state index in [-0.39, 0.29) is 36.3 Å². The molecule has 1 heterocycles. The van der Waals surface area contributed by atoms with E-state index >= 15 is 0 Å². The zero-order valence-corrected chi connectivity index (χ0v) is 17.5. The Morgan fingerprint density at radius 2 is 1.60 bits per heavy atom.